The normalized spacial score (nSPS) is 13.4. The minimum Gasteiger partial charge on any atom is -0.467 e. The lowest BCUT2D eigenvalue weighted by Gasteiger charge is -2.16. The number of aromatic nitrogens is 3. The molecule has 1 aromatic heterocycles. The zero-order chi connectivity index (χ0) is 16.3. The largest absolute Gasteiger partial charge is 0.467 e. The summed E-state index contributed by atoms with van der Waals surface area (Å²) in [6.07, 6.45) is 0. The molecular weight excluding hydrogens is 288 g/mol. The average molecular weight is 304 g/mol. The number of nitrogens with one attached hydrogen (secondary N) is 1. The molecule has 0 aliphatic heterocycles. The van der Waals surface area contributed by atoms with Crippen LogP contribution in [0.5, 0.6) is 0 Å². The lowest BCUT2D eigenvalue weighted by Crippen LogP contribution is -2.44. The molecule has 0 fully saturated rings. The summed E-state index contributed by atoms with van der Waals surface area (Å²) in [5.74, 6) is -1.10. The molecule has 0 spiro atoms. The van der Waals surface area contributed by atoms with Crippen molar-refractivity contribution in [1.29, 1.82) is 0 Å². The number of carbonyl (C=O) groups is 2. The smallest absolute Gasteiger partial charge is 0.328 e. The topological polar surface area (TPSA) is 103 Å². The van der Waals surface area contributed by atoms with Crippen molar-refractivity contribution in [2.45, 2.75) is 25.9 Å². The first kappa shape index (κ1) is 15.6. The summed E-state index contributed by atoms with van der Waals surface area (Å²) < 4.78 is 5.52. The van der Waals surface area contributed by atoms with Gasteiger partial charge < -0.3 is 10.1 Å². The summed E-state index contributed by atoms with van der Waals surface area (Å²) in [6.45, 7) is 3.00. The van der Waals surface area contributed by atoms with Gasteiger partial charge in [-0.15, -0.1) is 5.10 Å². The van der Waals surface area contributed by atoms with Crippen LogP contribution < -0.4 is 10.9 Å². The summed E-state index contributed by atoms with van der Waals surface area (Å²) in [5, 5.41) is 10.5. The van der Waals surface area contributed by atoms with Gasteiger partial charge in [0.15, 0.2) is 0 Å². The first-order valence-corrected chi connectivity index (χ1v) is 6.68. The molecule has 1 aromatic carbocycles. The second kappa shape index (κ2) is 6.33. The average Bonchev–Trinajstić information content (AvgIpc) is 2.53. The fourth-order valence-corrected chi connectivity index (χ4v) is 1.94. The highest BCUT2D eigenvalue weighted by atomic mass is 16.5. The number of ether oxygens (including phenoxy) is 1. The van der Waals surface area contributed by atoms with E-state index >= 15 is 0 Å². The van der Waals surface area contributed by atoms with Gasteiger partial charge >= 0.3 is 5.97 Å². The van der Waals surface area contributed by atoms with Crippen molar-refractivity contribution in [2.75, 3.05) is 7.11 Å². The highest BCUT2D eigenvalue weighted by molar-refractivity contribution is 5.86. The number of rotatable bonds is 4. The summed E-state index contributed by atoms with van der Waals surface area (Å²) in [7, 11) is 1.23. The lowest BCUT2D eigenvalue weighted by molar-refractivity contribution is -0.144. The van der Waals surface area contributed by atoms with Crippen LogP contribution in [0.15, 0.2) is 29.1 Å². The van der Waals surface area contributed by atoms with Crippen molar-refractivity contribution in [2.24, 2.45) is 0 Å². The van der Waals surface area contributed by atoms with Gasteiger partial charge in [0.05, 0.1) is 12.5 Å². The van der Waals surface area contributed by atoms with E-state index in [1.165, 1.54) is 21.0 Å². The summed E-state index contributed by atoms with van der Waals surface area (Å²) >= 11 is 0. The summed E-state index contributed by atoms with van der Waals surface area (Å²) in [6, 6.07) is 5.01. The second-order valence-electron chi connectivity index (χ2n) is 4.79. The van der Waals surface area contributed by atoms with E-state index in [0.717, 1.165) is 4.68 Å². The minimum atomic E-state index is -0.906. The molecule has 0 radical (unpaired) electrons. The Hall–Kier alpha value is -2.77. The molecule has 0 aliphatic carbocycles. The standard InChI is InChI=1S/C14H16N4O4/c1-8(14(21)22-3)15-12(19)9(2)18-13(20)10-6-4-5-7-11(10)16-17-18/h4-9H,1-3H3,(H,15,19)/t8-,9+/m1/s1. The number of amides is 1. The van der Waals surface area contributed by atoms with Crippen LogP contribution in [0, 0.1) is 0 Å². The van der Waals surface area contributed by atoms with Crippen LogP contribution in [0.1, 0.15) is 19.9 Å². The lowest BCUT2D eigenvalue weighted by atomic mass is 10.2. The van der Waals surface area contributed by atoms with Crippen molar-refractivity contribution in [3.8, 4) is 0 Å². The summed E-state index contributed by atoms with van der Waals surface area (Å²) in [4.78, 5) is 35.8. The molecule has 1 amide bonds. The van der Waals surface area contributed by atoms with Crippen molar-refractivity contribution in [3.63, 3.8) is 0 Å². The SMILES string of the molecule is COC(=O)[C@@H](C)NC(=O)[C@H](C)n1nnc2ccccc2c1=O. The van der Waals surface area contributed by atoms with Crippen LogP contribution in [-0.4, -0.2) is 40.0 Å². The monoisotopic (exact) mass is 304 g/mol. The van der Waals surface area contributed by atoms with E-state index < -0.39 is 29.5 Å². The van der Waals surface area contributed by atoms with Crippen LogP contribution >= 0.6 is 0 Å². The van der Waals surface area contributed by atoms with E-state index in [9.17, 15) is 14.4 Å². The third-order valence-corrected chi connectivity index (χ3v) is 3.25. The highest BCUT2D eigenvalue weighted by Crippen LogP contribution is 2.07. The third-order valence-electron chi connectivity index (χ3n) is 3.25. The molecule has 0 aliphatic rings. The van der Waals surface area contributed by atoms with Gasteiger partial charge in [-0.2, -0.15) is 4.68 Å². The molecule has 0 saturated heterocycles. The van der Waals surface area contributed by atoms with Gasteiger partial charge in [0.25, 0.3) is 5.56 Å². The van der Waals surface area contributed by atoms with Gasteiger partial charge in [-0.25, -0.2) is 4.79 Å². The maximum Gasteiger partial charge on any atom is 0.328 e. The minimum absolute atomic E-state index is 0.373. The Kier molecular flexibility index (Phi) is 4.50. The Balaban J connectivity index is 2.28. The van der Waals surface area contributed by atoms with Crippen LogP contribution in [0.4, 0.5) is 0 Å². The van der Waals surface area contributed by atoms with E-state index in [2.05, 4.69) is 20.4 Å². The molecule has 22 heavy (non-hydrogen) atoms. The highest BCUT2D eigenvalue weighted by Gasteiger charge is 2.23. The molecule has 8 nitrogen and oxygen atoms in total. The predicted molar refractivity (Wildman–Crippen MR) is 78.1 cm³/mol. The third kappa shape index (κ3) is 2.95. The fraction of sp³-hybridized carbons (Fsp3) is 0.357. The molecule has 0 saturated carbocycles. The molecule has 1 N–H and O–H groups in total. The number of hydrogen-bond acceptors (Lipinski definition) is 6. The van der Waals surface area contributed by atoms with Crippen molar-refractivity contribution in [3.05, 3.63) is 34.6 Å². The van der Waals surface area contributed by atoms with Crippen LogP contribution in [0.3, 0.4) is 0 Å². The molecular formula is C14H16N4O4. The van der Waals surface area contributed by atoms with Crippen LogP contribution in [0.2, 0.25) is 0 Å². The number of nitrogens with zero attached hydrogens (tertiary/aromatic N) is 3. The number of esters is 1. The van der Waals surface area contributed by atoms with Crippen molar-refractivity contribution in [1.82, 2.24) is 20.3 Å². The molecule has 2 rings (SSSR count). The fourth-order valence-electron chi connectivity index (χ4n) is 1.94. The first-order valence-electron chi connectivity index (χ1n) is 6.68. The Morgan fingerprint density at radius 3 is 2.64 bits per heavy atom. The Bertz CT molecular complexity index is 771. The quantitative estimate of drug-likeness (QED) is 0.799. The maximum atomic E-state index is 12.3. The number of fused-ring (bicyclic) bond motifs is 1. The van der Waals surface area contributed by atoms with E-state index in [4.69, 9.17) is 0 Å². The first-order chi connectivity index (χ1) is 10.5. The van der Waals surface area contributed by atoms with Crippen molar-refractivity contribution < 1.29 is 14.3 Å². The molecule has 116 valence electrons. The molecule has 2 atom stereocenters. The van der Waals surface area contributed by atoms with Crippen LogP contribution in [0.25, 0.3) is 10.9 Å². The van der Waals surface area contributed by atoms with Crippen molar-refractivity contribution >= 4 is 22.8 Å². The van der Waals surface area contributed by atoms with Gasteiger partial charge in [-0.05, 0) is 26.0 Å². The Labute approximate surface area is 126 Å². The number of benzene rings is 1. The van der Waals surface area contributed by atoms with Gasteiger partial charge in [0.1, 0.15) is 17.6 Å². The van der Waals surface area contributed by atoms with E-state index in [1.54, 1.807) is 24.3 Å². The Morgan fingerprint density at radius 1 is 1.27 bits per heavy atom. The molecule has 1 heterocycles. The number of hydrogen-bond donors (Lipinski definition) is 1. The molecule has 8 heteroatoms. The zero-order valence-corrected chi connectivity index (χ0v) is 12.4. The van der Waals surface area contributed by atoms with Gasteiger partial charge in [-0.3, -0.25) is 9.59 Å². The molecule has 0 bridgehead atoms. The molecule has 0 unspecified atom stereocenters. The van der Waals surface area contributed by atoms with Gasteiger partial charge in [0.2, 0.25) is 5.91 Å². The summed E-state index contributed by atoms with van der Waals surface area (Å²) in [5.41, 5.74) is 0.0401. The Morgan fingerprint density at radius 2 is 1.95 bits per heavy atom. The zero-order valence-electron chi connectivity index (χ0n) is 12.4. The van der Waals surface area contributed by atoms with E-state index in [-0.39, 0.29) is 0 Å². The second-order valence-corrected chi connectivity index (χ2v) is 4.79. The van der Waals surface area contributed by atoms with E-state index in [0.29, 0.717) is 10.9 Å². The van der Waals surface area contributed by atoms with Gasteiger partial charge in [-0.1, -0.05) is 17.3 Å². The van der Waals surface area contributed by atoms with Crippen LogP contribution in [-0.2, 0) is 14.3 Å². The van der Waals surface area contributed by atoms with Gasteiger partial charge in [0, 0.05) is 0 Å². The van der Waals surface area contributed by atoms with E-state index in [1.807, 2.05) is 0 Å². The number of methoxy groups -OCH3 is 1. The number of carbonyl (C=O) groups excluding carboxylic acids is 2. The maximum absolute atomic E-state index is 12.3. The molecule has 2 aromatic rings. The predicted octanol–water partition coefficient (Wildman–Crippen LogP) is 0.0302.